The van der Waals surface area contributed by atoms with E-state index < -0.39 is 0 Å². The fourth-order valence-electron chi connectivity index (χ4n) is 1.36. The van der Waals surface area contributed by atoms with E-state index in [1.54, 1.807) is 0 Å². The molecule has 0 aliphatic rings. The molecule has 0 fully saturated rings. The minimum Gasteiger partial charge on any atom is -0.394 e. The molecule has 0 spiro atoms. The van der Waals surface area contributed by atoms with Crippen molar-refractivity contribution in [2.75, 3.05) is 13.7 Å². The van der Waals surface area contributed by atoms with Gasteiger partial charge in [-0.05, 0) is 20.9 Å². The second-order valence-corrected chi connectivity index (χ2v) is 3.14. The lowest BCUT2D eigenvalue weighted by Gasteiger charge is -2.09. The van der Waals surface area contributed by atoms with Crippen molar-refractivity contribution in [3.05, 3.63) is 17.5 Å². The van der Waals surface area contributed by atoms with E-state index >= 15 is 0 Å². The molecule has 0 aromatic carbocycles. The van der Waals surface area contributed by atoms with Gasteiger partial charge in [-0.1, -0.05) is 0 Å². The summed E-state index contributed by atoms with van der Waals surface area (Å²) in [7, 11) is 1.92. The lowest BCUT2D eigenvalue weighted by molar-refractivity contribution is 0.268. The Labute approximate surface area is 78.6 Å². The van der Waals surface area contributed by atoms with Crippen molar-refractivity contribution in [2.45, 2.75) is 26.4 Å². The fourth-order valence-corrected chi connectivity index (χ4v) is 1.36. The maximum absolute atomic E-state index is 8.77. The average molecular weight is 183 g/mol. The van der Waals surface area contributed by atoms with Crippen LogP contribution in [0.25, 0.3) is 0 Å². The SMILES string of the molecule is CNC(C)c1cnn(CCO)c1C. The number of hydrogen-bond acceptors (Lipinski definition) is 3. The van der Waals surface area contributed by atoms with E-state index in [0.29, 0.717) is 12.6 Å². The highest BCUT2D eigenvalue weighted by atomic mass is 16.3. The van der Waals surface area contributed by atoms with Crippen LogP contribution in [0.4, 0.5) is 0 Å². The molecule has 0 bridgehead atoms. The molecular formula is C9H17N3O. The summed E-state index contributed by atoms with van der Waals surface area (Å²) in [4.78, 5) is 0. The zero-order valence-corrected chi connectivity index (χ0v) is 8.41. The van der Waals surface area contributed by atoms with Gasteiger partial charge >= 0.3 is 0 Å². The molecule has 0 radical (unpaired) electrons. The summed E-state index contributed by atoms with van der Waals surface area (Å²) in [5, 5.41) is 16.1. The molecule has 2 N–H and O–H groups in total. The lowest BCUT2D eigenvalue weighted by Crippen LogP contribution is -2.13. The number of nitrogens with zero attached hydrogens (tertiary/aromatic N) is 2. The molecule has 0 amide bonds. The summed E-state index contributed by atoms with van der Waals surface area (Å²) >= 11 is 0. The van der Waals surface area contributed by atoms with Crippen molar-refractivity contribution in [1.29, 1.82) is 0 Å². The zero-order chi connectivity index (χ0) is 9.84. The van der Waals surface area contributed by atoms with Crippen molar-refractivity contribution >= 4 is 0 Å². The van der Waals surface area contributed by atoms with Crippen molar-refractivity contribution in [3.63, 3.8) is 0 Å². The molecule has 13 heavy (non-hydrogen) atoms. The summed E-state index contributed by atoms with van der Waals surface area (Å²) in [6.45, 7) is 4.82. The highest BCUT2D eigenvalue weighted by Gasteiger charge is 2.10. The van der Waals surface area contributed by atoms with Crippen LogP contribution >= 0.6 is 0 Å². The number of hydrogen-bond donors (Lipinski definition) is 2. The molecule has 1 heterocycles. The molecule has 1 atom stereocenters. The molecule has 0 saturated heterocycles. The third kappa shape index (κ3) is 2.08. The second kappa shape index (κ2) is 4.39. The minimum atomic E-state index is 0.135. The Morgan fingerprint density at radius 1 is 1.69 bits per heavy atom. The second-order valence-electron chi connectivity index (χ2n) is 3.14. The molecule has 1 aromatic heterocycles. The third-order valence-electron chi connectivity index (χ3n) is 2.35. The first kappa shape index (κ1) is 10.2. The van der Waals surface area contributed by atoms with Gasteiger partial charge in [-0.3, -0.25) is 4.68 Å². The first-order valence-corrected chi connectivity index (χ1v) is 4.51. The first-order chi connectivity index (χ1) is 6.20. The molecule has 0 saturated carbocycles. The van der Waals surface area contributed by atoms with Gasteiger partial charge in [-0.15, -0.1) is 0 Å². The summed E-state index contributed by atoms with van der Waals surface area (Å²) in [6, 6.07) is 0.312. The molecule has 0 aliphatic carbocycles. The standard InChI is InChI=1S/C9H17N3O/c1-7(10-3)9-6-11-12(4-5-13)8(9)2/h6-7,10,13H,4-5H2,1-3H3. The Morgan fingerprint density at radius 3 is 2.92 bits per heavy atom. The molecular weight excluding hydrogens is 166 g/mol. The largest absolute Gasteiger partial charge is 0.394 e. The molecule has 1 unspecified atom stereocenters. The van der Waals surface area contributed by atoms with Gasteiger partial charge < -0.3 is 10.4 Å². The topological polar surface area (TPSA) is 50.1 Å². The molecule has 74 valence electrons. The average Bonchev–Trinajstić information content (AvgIpc) is 2.48. The summed E-state index contributed by atoms with van der Waals surface area (Å²) in [6.07, 6.45) is 1.85. The Bertz CT molecular complexity index is 270. The van der Waals surface area contributed by atoms with Gasteiger partial charge in [0.1, 0.15) is 0 Å². The van der Waals surface area contributed by atoms with Gasteiger partial charge in [-0.25, -0.2) is 0 Å². The summed E-state index contributed by atoms with van der Waals surface area (Å²) in [5.41, 5.74) is 2.31. The Morgan fingerprint density at radius 2 is 2.38 bits per heavy atom. The van der Waals surface area contributed by atoms with Crippen molar-refractivity contribution in [1.82, 2.24) is 15.1 Å². The van der Waals surface area contributed by atoms with Crippen LogP contribution in [0.15, 0.2) is 6.20 Å². The van der Waals surface area contributed by atoms with Gasteiger partial charge in [0, 0.05) is 17.3 Å². The zero-order valence-electron chi connectivity index (χ0n) is 8.41. The van der Waals surface area contributed by atoms with Gasteiger partial charge in [0.2, 0.25) is 0 Å². The Balaban J connectivity index is 2.85. The van der Waals surface area contributed by atoms with E-state index in [1.807, 2.05) is 24.9 Å². The van der Waals surface area contributed by atoms with Crippen LogP contribution in [0.3, 0.4) is 0 Å². The number of aliphatic hydroxyl groups excluding tert-OH is 1. The van der Waals surface area contributed by atoms with E-state index in [9.17, 15) is 0 Å². The van der Waals surface area contributed by atoms with E-state index in [1.165, 1.54) is 5.56 Å². The Kier molecular flexibility index (Phi) is 3.45. The van der Waals surface area contributed by atoms with E-state index in [4.69, 9.17) is 5.11 Å². The monoisotopic (exact) mass is 183 g/mol. The van der Waals surface area contributed by atoms with E-state index in [-0.39, 0.29) is 6.61 Å². The van der Waals surface area contributed by atoms with Crippen LogP contribution in [0, 0.1) is 6.92 Å². The Hall–Kier alpha value is -0.870. The highest BCUT2D eigenvalue weighted by Crippen LogP contribution is 2.15. The van der Waals surface area contributed by atoms with Gasteiger partial charge in [-0.2, -0.15) is 5.10 Å². The van der Waals surface area contributed by atoms with E-state index in [0.717, 1.165) is 5.69 Å². The van der Waals surface area contributed by atoms with Crippen LogP contribution in [-0.4, -0.2) is 28.5 Å². The van der Waals surface area contributed by atoms with Gasteiger partial charge in [0.15, 0.2) is 0 Å². The van der Waals surface area contributed by atoms with Crippen LogP contribution in [-0.2, 0) is 6.54 Å². The predicted molar refractivity (Wildman–Crippen MR) is 51.5 cm³/mol. The molecule has 0 aliphatic heterocycles. The number of aliphatic hydroxyl groups is 1. The van der Waals surface area contributed by atoms with E-state index in [2.05, 4.69) is 17.3 Å². The predicted octanol–water partition coefficient (Wildman–Crippen LogP) is 0.464. The maximum Gasteiger partial charge on any atom is 0.0643 e. The fraction of sp³-hybridized carbons (Fsp3) is 0.667. The quantitative estimate of drug-likeness (QED) is 0.713. The minimum absolute atomic E-state index is 0.135. The van der Waals surface area contributed by atoms with Crippen LogP contribution in [0.1, 0.15) is 24.2 Å². The van der Waals surface area contributed by atoms with Crippen molar-refractivity contribution in [2.24, 2.45) is 0 Å². The molecule has 4 heteroatoms. The lowest BCUT2D eigenvalue weighted by atomic mass is 10.1. The third-order valence-corrected chi connectivity index (χ3v) is 2.35. The summed E-state index contributed by atoms with van der Waals surface area (Å²) in [5.74, 6) is 0. The number of rotatable bonds is 4. The first-order valence-electron chi connectivity index (χ1n) is 4.51. The van der Waals surface area contributed by atoms with Crippen LogP contribution in [0.2, 0.25) is 0 Å². The number of aromatic nitrogens is 2. The van der Waals surface area contributed by atoms with Crippen LogP contribution in [0.5, 0.6) is 0 Å². The maximum atomic E-state index is 8.77. The smallest absolute Gasteiger partial charge is 0.0643 e. The van der Waals surface area contributed by atoms with Gasteiger partial charge in [0.25, 0.3) is 0 Å². The summed E-state index contributed by atoms with van der Waals surface area (Å²) < 4.78 is 1.82. The molecule has 1 aromatic rings. The highest BCUT2D eigenvalue weighted by molar-refractivity contribution is 5.19. The normalized spacial score (nSPS) is 13.2. The van der Waals surface area contributed by atoms with Crippen LogP contribution < -0.4 is 5.32 Å². The van der Waals surface area contributed by atoms with Gasteiger partial charge in [0.05, 0.1) is 19.3 Å². The van der Waals surface area contributed by atoms with Crippen molar-refractivity contribution < 1.29 is 5.11 Å². The number of nitrogens with one attached hydrogen (secondary N) is 1. The molecule has 4 nitrogen and oxygen atoms in total. The van der Waals surface area contributed by atoms with Crippen molar-refractivity contribution in [3.8, 4) is 0 Å². The molecule has 1 rings (SSSR count).